The van der Waals surface area contributed by atoms with Gasteiger partial charge in [-0.1, -0.05) is 17.7 Å². The van der Waals surface area contributed by atoms with E-state index in [-0.39, 0.29) is 24.0 Å². The van der Waals surface area contributed by atoms with Gasteiger partial charge in [0.2, 0.25) is 0 Å². The van der Waals surface area contributed by atoms with Crippen molar-refractivity contribution >= 4 is 11.7 Å². The Labute approximate surface area is 137 Å². The minimum atomic E-state index is -0.188. The molecule has 0 aliphatic carbocycles. The number of nitrogens with zero attached hydrogens (tertiary/aromatic N) is 1. The zero-order chi connectivity index (χ0) is 16.6. The fraction of sp³-hybridized carbons (Fsp3) is 0.611. The number of aliphatic hydroxyl groups excluding tert-OH is 1. The molecule has 0 unspecified atom stereocenters. The average Bonchev–Trinajstić information content (AvgIpc) is 2.91. The van der Waals surface area contributed by atoms with Crippen LogP contribution in [0.5, 0.6) is 0 Å². The lowest BCUT2D eigenvalue weighted by Crippen LogP contribution is -2.41. The van der Waals surface area contributed by atoms with Crippen molar-refractivity contribution in [3.63, 3.8) is 0 Å². The van der Waals surface area contributed by atoms with Gasteiger partial charge in [0, 0.05) is 36.7 Å². The van der Waals surface area contributed by atoms with Crippen LogP contribution in [0.15, 0.2) is 12.1 Å². The summed E-state index contributed by atoms with van der Waals surface area (Å²) in [7, 11) is 0. The van der Waals surface area contributed by atoms with E-state index in [1.807, 2.05) is 18.7 Å². The van der Waals surface area contributed by atoms with Crippen molar-refractivity contribution in [3.8, 4) is 0 Å². The molecular formula is C18H26N2O3. The number of carbonyl (C=O) groups excluding carboxylic acids is 1. The van der Waals surface area contributed by atoms with Gasteiger partial charge < -0.3 is 20.1 Å². The maximum atomic E-state index is 12.7. The van der Waals surface area contributed by atoms with Crippen LogP contribution in [-0.2, 0) is 4.74 Å². The third-order valence-electron chi connectivity index (χ3n) is 5.39. The zero-order valence-electron chi connectivity index (χ0n) is 14.2. The van der Waals surface area contributed by atoms with E-state index in [9.17, 15) is 9.90 Å². The number of hydrogen-bond donors (Lipinski definition) is 2. The Bertz CT molecular complexity index is 593. The lowest BCUT2D eigenvalue weighted by atomic mass is 9.75. The Morgan fingerprint density at radius 1 is 1.39 bits per heavy atom. The normalized spacial score (nSPS) is 27.0. The summed E-state index contributed by atoms with van der Waals surface area (Å²) < 4.78 is 5.54. The largest absolute Gasteiger partial charge is 0.396 e. The van der Waals surface area contributed by atoms with Crippen molar-refractivity contribution in [1.82, 2.24) is 4.90 Å². The number of hydrogen-bond acceptors (Lipinski definition) is 3. The summed E-state index contributed by atoms with van der Waals surface area (Å²) in [6.07, 6.45) is 0.820. The predicted octanol–water partition coefficient (Wildman–Crippen LogP) is 2.47. The van der Waals surface area contributed by atoms with Crippen molar-refractivity contribution in [1.29, 1.82) is 0 Å². The number of anilines is 1. The van der Waals surface area contributed by atoms with Gasteiger partial charge in [-0.2, -0.15) is 0 Å². The summed E-state index contributed by atoms with van der Waals surface area (Å²) in [6.45, 7) is 8.76. The molecule has 2 aliphatic rings. The van der Waals surface area contributed by atoms with Gasteiger partial charge in [-0.25, -0.2) is 4.79 Å². The molecule has 2 N–H and O–H groups in total. The van der Waals surface area contributed by atoms with E-state index < -0.39 is 0 Å². The lowest BCUT2D eigenvalue weighted by Gasteiger charge is -2.36. The van der Waals surface area contributed by atoms with Gasteiger partial charge >= 0.3 is 6.03 Å². The zero-order valence-corrected chi connectivity index (χ0v) is 14.2. The number of ether oxygens (including phenoxy) is 1. The van der Waals surface area contributed by atoms with Gasteiger partial charge in [0.1, 0.15) is 0 Å². The number of rotatable bonds is 2. The first-order chi connectivity index (χ1) is 10.9. The highest BCUT2D eigenvalue weighted by molar-refractivity contribution is 5.91. The summed E-state index contributed by atoms with van der Waals surface area (Å²) in [5.74, 6) is 0.229. The Hall–Kier alpha value is -1.59. The summed E-state index contributed by atoms with van der Waals surface area (Å²) in [5, 5.41) is 12.9. The quantitative estimate of drug-likeness (QED) is 0.880. The molecule has 2 fully saturated rings. The topological polar surface area (TPSA) is 61.8 Å². The molecule has 1 aromatic rings. The molecule has 0 bridgehead atoms. The molecule has 3 rings (SSSR count). The van der Waals surface area contributed by atoms with E-state index in [1.54, 1.807) is 0 Å². The van der Waals surface area contributed by atoms with Crippen LogP contribution >= 0.6 is 0 Å². The first-order valence-corrected chi connectivity index (χ1v) is 8.27. The van der Waals surface area contributed by atoms with Crippen molar-refractivity contribution in [3.05, 3.63) is 28.8 Å². The molecule has 126 valence electrons. The van der Waals surface area contributed by atoms with Gasteiger partial charge in [-0.3, -0.25) is 0 Å². The fourth-order valence-electron chi connectivity index (χ4n) is 4.02. The summed E-state index contributed by atoms with van der Waals surface area (Å²) in [4.78, 5) is 14.5. The number of likely N-dealkylation sites (tertiary alicyclic amines) is 1. The highest BCUT2D eigenvalue weighted by Crippen LogP contribution is 2.41. The van der Waals surface area contributed by atoms with Crippen molar-refractivity contribution in [2.75, 3.05) is 38.2 Å². The SMILES string of the molecule is Cc1cc(C)c(NC(=O)N2C[C@@H]3COCC[C@]3(CO)C2)c(C)c1. The second kappa shape index (κ2) is 6.13. The molecule has 5 nitrogen and oxygen atoms in total. The molecule has 1 aromatic carbocycles. The molecule has 5 heteroatoms. The molecule has 23 heavy (non-hydrogen) atoms. The second-order valence-electron chi connectivity index (χ2n) is 7.13. The maximum Gasteiger partial charge on any atom is 0.321 e. The summed E-state index contributed by atoms with van der Waals surface area (Å²) in [6, 6.07) is 4.08. The van der Waals surface area contributed by atoms with Gasteiger partial charge in [-0.15, -0.1) is 0 Å². The smallest absolute Gasteiger partial charge is 0.321 e. The molecule has 0 saturated carbocycles. The number of amides is 2. The molecule has 2 heterocycles. The van der Waals surface area contributed by atoms with Crippen LogP contribution in [0.2, 0.25) is 0 Å². The van der Waals surface area contributed by atoms with Crippen molar-refractivity contribution in [2.24, 2.45) is 11.3 Å². The molecule has 0 spiro atoms. The second-order valence-corrected chi connectivity index (χ2v) is 7.13. The first kappa shape index (κ1) is 16.3. The number of carbonyl (C=O) groups is 1. The van der Waals surface area contributed by atoms with Crippen LogP contribution < -0.4 is 5.32 Å². The molecule has 2 atom stereocenters. The van der Waals surface area contributed by atoms with Gasteiger partial charge in [0.25, 0.3) is 0 Å². The van der Waals surface area contributed by atoms with Gasteiger partial charge in [0.15, 0.2) is 0 Å². The van der Waals surface area contributed by atoms with Crippen LogP contribution in [0.4, 0.5) is 10.5 Å². The van der Waals surface area contributed by atoms with E-state index in [0.717, 1.165) is 23.2 Å². The molecule has 2 saturated heterocycles. The molecule has 0 radical (unpaired) electrons. The Morgan fingerprint density at radius 2 is 2.09 bits per heavy atom. The summed E-state index contributed by atoms with van der Waals surface area (Å²) >= 11 is 0. The van der Waals surface area contributed by atoms with E-state index in [2.05, 4.69) is 24.4 Å². The Kier molecular flexibility index (Phi) is 4.34. The average molecular weight is 318 g/mol. The first-order valence-electron chi connectivity index (χ1n) is 8.27. The number of urea groups is 1. The minimum Gasteiger partial charge on any atom is -0.396 e. The van der Waals surface area contributed by atoms with Gasteiger partial charge in [-0.05, 0) is 38.3 Å². The molecule has 2 aliphatic heterocycles. The number of nitrogens with one attached hydrogen (secondary N) is 1. The van der Waals surface area contributed by atoms with Crippen LogP contribution in [0.1, 0.15) is 23.1 Å². The van der Waals surface area contributed by atoms with Crippen molar-refractivity contribution < 1.29 is 14.6 Å². The number of aliphatic hydroxyl groups is 1. The minimum absolute atomic E-state index is 0.0812. The predicted molar refractivity (Wildman–Crippen MR) is 89.7 cm³/mol. The molecule has 2 amide bonds. The lowest BCUT2D eigenvalue weighted by molar-refractivity contribution is -0.0415. The third-order valence-corrected chi connectivity index (χ3v) is 5.39. The van der Waals surface area contributed by atoms with E-state index in [1.165, 1.54) is 5.56 Å². The van der Waals surface area contributed by atoms with Crippen molar-refractivity contribution in [2.45, 2.75) is 27.2 Å². The fourth-order valence-corrected chi connectivity index (χ4v) is 4.02. The van der Waals surface area contributed by atoms with E-state index in [0.29, 0.717) is 26.3 Å². The Balaban J connectivity index is 1.75. The number of aryl methyl sites for hydroxylation is 3. The highest BCUT2D eigenvalue weighted by Gasteiger charge is 2.49. The summed E-state index contributed by atoms with van der Waals surface area (Å²) in [5.41, 5.74) is 4.05. The number of benzene rings is 1. The van der Waals surface area contributed by atoms with E-state index in [4.69, 9.17) is 4.74 Å². The highest BCUT2D eigenvalue weighted by atomic mass is 16.5. The van der Waals surface area contributed by atoms with Crippen LogP contribution in [0.3, 0.4) is 0 Å². The monoisotopic (exact) mass is 318 g/mol. The maximum absolute atomic E-state index is 12.7. The van der Waals surface area contributed by atoms with Crippen LogP contribution in [0.25, 0.3) is 0 Å². The third kappa shape index (κ3) is 2.95. The molecule has 0 aromatic heterocycles. The van der Waals surface area contributed by atoms with E-state index >= 15 is 0 Å². The number of fused-ring (bicyclic) bond motifs is 1. The van der Waals surface area contributed by atoms with Crippen LogP contribution in [-0.4, -0.2) is 48.9 Å². The van der Waals surface area contributed by atoms with Gasteiger partial charge in [0.05, 0.1) is 13.2 Å². The van der Waals surface area contributed by atoms with Crippen LogP contribution in [0, 0.1) is 32.1 Å². The standard InChI is InChI=1S/C18H26N2O3/c1-12-6-13(2)16(14(3)7-12)19-17(22)20-8-15-9-23-5-4-18(15,10-20)11-21/h6-7,15,21H,4-5,8-11H2,1-3H3,(H,19,22)/t15-,18-/m1/s1. The Morgan fingerprint density at radius 3 is 2.70 bits per heavy atom. The molecular weight excluding hydrogens is 292 g/mol.